The quantitative estimate of drug-likeness (QED) is 0.616. The summed E-state index contributed by atoms with van der Waals surface area (Å²) >= 11 is 0. The van der Waals surface area contributed by atoms with Crippen LogP contribution < -0.4 is 20.8 Å². The Balaban J connectivity index is 2.28. The van der Waals surface area contributed by atoms with Gasteiger partial charge in [0.2, 0.25) is 0 Å². The highest BCUT2D eigenvalue weighted by Crippen LogP contribution is 2.59. The highest BCUT2D eigenvalue weighted by atomic mass is 31.2. The maximum Gasteiger partial charge on any atom is 0.114 e. The molecule has 1 nitrogen and oxygen atoms in total. The van der Waals surface area contributed by atoms with Crippen LogP contribution in [0.4, 0.5) is 5.69 Å². The first-order valence-electron chi connectivity index (χ1n) is 8.84. The van der Waals surface area contributed by atoms with Crippen LogP contribution in [0.2, 0.25) is 0 Å². The second kappa shape index (κ2) is 7.42. The van der Waals surface area contributed by atoms with Crippen molar-refractivity contribution in [3.8, 4) is 0 Å². The lowest BCUT2D eigenvalue weighted by molar-refractivity contribution is 1.09. The van der Waals surface area contributed by atoms with Crippen molar-refractivity contribution < 1.29 is 0 Å². The van der Waals surface area contributed by atoms with Gasteiger partial charge in [0.05, 0.1) is 5.66 Å². The summed E-state index contributed by atoms with van der Waals surface area (Å²) < 4.78 is 0. The normalized spacial score (nSPS) is 11.6. The fourth-order valence-corrected chi connectivity index (χ4v) is 8.24. The molecule has 0 aliphatic carbocycles. The van der Waals surface area contributed by atoms with Crippen molar-refractivity contribution >= 4 is 28.9 Å². The van der Waals surface area contributed by atoms with Crippen molar-refractivity contribution in [1.29, 1.82) is 0 Å². The fraction of sp³-hybridized carbons (Fsp3) is 0.217. The molecule has 3 aromatic carbocycles. The molecule has 0 saturated carbocycles. The van der Waals surface area contributed by atoms with Crippen molar-refractivity contribution in [1.82, 2.24) is 0 Å². The molecule has 0 bridgehead atoms. The van der Waals surface area contributed by atoms with Gasteiger partial charge in [-0.2, -0.15) is 0 Å². The minimum absolute atomic E-state index is 0.530. The van der Waals surface area contributed by atoms with Crippen LogP contribution in [-0.4, -0.2) is 19.8 Å². The largest absolute Gasteiger partial charge is 0.378 e. The van der Waals surface area contributed by atoms with Crippen LogP contribution >= 0.6 is 7.26 Å². The Labute approximate surface area is 152 Å². The van der Waals surface area contributed by atoms with Crippen LogP contribution in [0, 0.1) is 0 Å². The molecule has 0 fully saturated rings. The van der Waals surface area contributed by atoms with Gasteiger partial charge in [-0.1, -0.05) is 36.4 Å². The number of benzene rings is 3. The van der Waals surface area contributed by atoms with Crippen LogP contribution in [0.25, 0.3) is 0 Å². The molecule has 0 spiro atoms. The fourth-order valence-electron chi connectivity index (χ4n) is 3.65. The zero-order chi connectivity index (χ0) is 17.9. The molecule has 0 aromatic heterocycles. The van der Waals surface area contributed by atoms with Gasteiger partial charge in [-0.25, -0.2) is 0 Å². The van der Waals surface area contributed by atoms with E-state index < -0.39 is 7.26 Å². The molecule has 128 valence electrons. The van der Waals surface area contributed by atoms with Crippen LogP contribution in [0.15, 0.2) is 84.9 Å². The monoisotopic (exact) mass is 348 g/mol. The molecule has 3 aromatic rings. The Kier molecular flexibility index (Phi) is 5.25. The van der Waals surface area contributed by atoms with Crippen molar-refractivity contribution in [3.05, 3.63) is 84.9 Å². The Hall–Kier alpha value is -2.11. The van der Waals surface area contributed by atoms with E-state index in [1.54, 1.807) is 0 Å². The van der Waals surface area contributed by atoms with E-state index in [-0.39, 0.29) is 0 Å². The Morgan fingerprint density at radius 3 is 1.36 bits per heavy atom. The van der Waals surface area contributed by atoms with E-state index >= 15 is 0 Å². The van der Waals surface area contributed by atoms with Gasteiger partial charge in [0, 0.05) is 19.8 Å². The van der Waals surface area contributed by atoms with Crippen LogP contribution in [0.3, 0.4) is 0 Å². The number of anilines is 1. The van der Waals surface area contributed by atoms with Crippen LogP contribution in [0.1, 0.15) is 13.8 Å². The van der Waals surface area contributed by atoms with E-state index in [0.717, 1.165) is 0 Å². The zero-order valence-electron chi connectivity index (χ0n) is 15.6. The summed E-state index contributed by atoms with van der Waals surface area (Å²) in [7, 11) is 2.49. The number of rotatable bonds is 5. The molecule has 0 amide bonds. The number of hydrogen-bond acceptors (Lipinski definition) is 1. The molecule has 0 unspecified atom stereocenters. The minimum atomic E-state index is -1.69. The van der Waals surface area contributed by atoms with Crippen molar-refractivity contribution in [2.45, 2.75) is 19.5 Å². The third-order valence-electron chi connectivity index (χ3n) is 4.87. The minimum Gasteiger partial charge on any atom is -0.378 e. The number of hydrogen-bond donors (Lipinski definition) is 0. The third kappa shape index (κ3) is 3.22. The molecular weight excluding hydrogens is 321 g/mol. The predicted molar refractivity (Wildman–Crippen MR) is 115 cm³/mol. The average Bonchev–Trinajstić information content (AvgIpc) is 2.64. The van der Waals surface area contributed by atoms with Gasteiger partial charge >= 0.3 is 0 Å². The van der Waals surface area contributed by atoms with Crippen molar-refractivity contribution in [3.63, 3.8) is 0 Å². The maximum absolute atomic E-state index is 2.37. The topological polar surface area (TPSA) is 3.24 Å². The summed E-state index contributed by atoms with van der Waals surface area (Å²) in [6.07, 6.45) is 0. The highest BCUT2D eigenvalue weighted by Gasteiger charge is 2.48. The van der Waals surface area contributed by atoms with Gasteiger partial charge < -0.3 is 4.90 Å². The lowest BCUT2D eigenvalue weighted by Crippen LogP contribution is -2.36. The van der Waals surface area contributed by atoms with Gasteiger partial charge in [0.25, 0.3) is 0 Å². The van der Waals surface area contributed by atoms with Crippen LogP contribution in [0.5, 0.6) is 0 Å². The molecule has 0 heterocycles. The van der Waals surface area contributed by atoms with Gasteiger partial charge in [-0.3, -0.25) is 0 Å². The van der Waals surface area contributed by atoms with E-state index in [1.165, 1.54) is 21.6 Å². The first-order valence-corrected chi connectivity index (χ1v) is 10.7. The van der Waals surface area contributed by atoms with Gasteiger partial charge in [0.15, 0.2) is 0 Å². The first-order chi connectivity index (χ1) is 12.1. The number of nitrogens with zero attached hydrogens (tertiary/aromatic N) is 1. The maximum atomic E-state index is 2.37. The van der Waals surface area contributed by atoms with Gasteiger partial charge in [-0.15, -0.1) is 0 Å². The summed E-state index contributed by atoms with van der Waals surface area (Å²) in [5, 5.41) is 4.35. The Morgan fingerprint density at radius 1 is 0.600 bits per heavy atom. The molecule has 3 rings (SSSR count). The molecule has 0 aliphatic heterocycles. The summed E-state index contributed by atoms with van der Waals surface area (Å²) in [4.78, 5) is 2.16. The van der Waals surface area contributed by atoms with E-state index in [9.17, 15) is 0 Å². The summed E-state index contributed by atoms with van der Waals surface area (Å²) in [5.74, 6) is 0. The summed E-state index contributed by atoms with van der Waals surface area (Å²) in [5.41, 5.74) is 1.77. The second-order valence-electron chi connectivity index (χ2n) is 6.90. The van der Waals surface area contributed by atoms with Crippen LogP contribution in [-0.2, 0) is 0 Å². The van der Waals surface area contributed by atoms with E-state index in [0.29, 0.717) is 5.66 Å². The standard InChI is InChI=1S/C23H27NP/c1-19(2)25(21-11-7-5-8-12-21,22-13-9-6-10-14-22)23-17-15-20(16-18-23)24(3)4/h5-19H,1-4H3/q+1. The molecule has 2 heteroatoms. The summed E-state index contributed by atoms with van der Waals surface area (Å²) in [6, 6.07) is 31.3. The van der Waals surface area contributed by atoms with Crippen molar-refractivity contribution in [2.75, 3.05) is 19.0 Å². The second-order valence-corrected chi connectivity index (χ2v) is 10.9. The molecule has 0 atom stereocenters. The molecular formula is C23H27NP+. The lowest BCUT2D eigenvalue weighted by Gasteiger charge is -2.31. The van der Waals surface area contributed by atoms with Gasteiger partial charge in [0.1, 0.15) is 23.2 Å². The Bertz CT molecular complexity index is 753. The first kappa shape index (κ1) is 17.7. The Morgan fingerprint density at radius 2 is 1.00 bits per heavy atom. The average molecular weight is 348 g/mol. The SMILES string of the molecule is CC(C)[P+](c1ccccc1)(c1ccccc1)c1ccc(N(C)C)cc1. The highest BCUT2D eigenvalue weighted by molar-refractivity contribution is 7.96. The van der Waals surface area contributed by atoms with E-state index in [4.69, 9.17) is 0 Å². The third-order valence-corrected chi connectivity index (χ3v) is 9.76. The zero-order valence-corrected chi connectivity index (χ0v) is 16.4. The predicted octanol–water partition coefficient (Wildman–Crippen LogP) is 4.45. The van der Waals surface area contributed by atoms with E-state index in [2.05, 4.69) is 118 Å². The molecule has 25 heavy (non-hydrogen) atoms. The summed E-state index contributed by atoms with van der Waals surface area (Å²) in [6.45, 7) is 4.74. The van der Waals surface area contributed by atoms with E-state index in [1.807, 2.05) is 0 Å². The van der Waals surface area contributed by atoms with Gasteiger partial charge in [-0.05, 0) is 62.4 Å². The molecule has 0 aliphatic rings. The smallest absolute Gasteiger partial charge is 0.114 e. The van der Waals surface area contributed by atoms with Crippen molar-refractivity contribution in [2.24, 2.45) is 0 Å². The lowest BCUT2D eigenvalue weighted by atomic mass is 10.3. The molecule has 0 radical (unpaired) electrons. The molecule has 0 saturated heterocycles. The molecule has 0 N–H and O–H groups in total.